The topological polar surface area (TPSA) is 89.8 Å². The number of carbonyl (C=O) groups excluding carboxylic acids is 2. The number of nitrogens with zero attached hydrogens (tertiary/aromatic N) is 4. The summed E-state index contributed by atoms with van der Waals surface area (Å²) >= 11 is 1.34. The Hall–Kier alpha value is -3.00. The second-order valence-corrected chi connectivity index (χ2v) is 6.85. The number of benzene rings is 1. The van der Waals surface area contributed by atoms with Crippen molar-refractivity contribution in [2.75, 3.05) is 11.1 Å². The molecule has 0 saturated carbocycles. The third-order valence-corrected chi connectivity index (χ3v) is 5.18. The fraction of sp³-hybridized carbons (Fsp3) is 0.167. The van der Waals surface area contributed by atoms with E-state index in [1.807, 2.05) is 23.7 Å². The van der Waals surface area contributed by atoms with Crippen LogP contribution in [0.5, 0.6) is 0 Å². The van der Waals surface area contributed by atoms with Crippen molar-refractivity contribution in [1.29, 1.82) is 0 Å². The normalized spacial score (nSPS) is 12.7. The molecule has 1 N–H and O–H groups in total. The number of amides is 1. The molecule has 3 heterocycles. The number of rotatable bonds is 5. The molecule has 0 unspecified atom stereocenters. The molecule has 4 rings (SSSR count). The highest BCUT2D eigenvalue weighted by molar-refractivity contribution is 7.99. The van der Waals surface area contributed by atoms with E-state index in [-0.39, 0.29) is 17.4 Å². The molecule has 1 amide bonds. The molecule has 1 aliphatic heterocycles. The van der Waals surface area contributed by atoms with Crippen LogP contribution in [0.25, 0.3) is 11.4 Å². The van der Waals surface area contributed by atoms with Gasteiger partial charge < -0.3 is 9.88 Å². The van der Waals surface area contributed by atoms with Gasteiger partial charge in [-0.1, -0.05) is 11.8 Å². The molecule has 3 aromatic rings. The predicted octanol–water partition coefficient (Wildman–Crippen LogP) is 2.35. The Morgan fingerprint density at radius 2 is 2.04 bits per heavy atom. The predicted molar refractivity (Wildman–Crippen MR) is 98.1 cm³/mol. The molecule has 2 aromatic heterocycles. The Morgan fingerprint density at radius 3 is 2.85 bits per heavy atom. The molecule has 0 aliphatic carbocycles. The van der Waals surface area contributed by atoms with Crippen molar-refractivity contribution in [1.82, 2.24) is 19.7 Å². The Morgan fingerprint density at radius 1 is 1.23 bits per heavy atom. The second kappa shape index (κ2) is 6.72. The maximum atomic E-state index is 12.5. The minimum Gasteiger partial charge on any atom is -0.326 e. The highest BCUT2D eigenvalue weighted by atomic mass is 32.2. The molecule has 7 nitrogen and oxygen atoms in total. The lowest BCUT2D eigenvalue weighted by molar-refractivity contribution is -0.115. The molecule has 130 valence electrons. The van der Waals surface area contributed by atoms with E-state index in [1.54, 1.807) is 30.6 Å². The van der Waals surface area contributed by atoms with Crippen molar-refractivity contribution in [2.45, 2.75) is 11.6 Å². The van der Waals surface area contributed by atoms with Crippen LogP contribution < -0.4 is 5.32 Å². The van der Waals surface area contributed by atoms with Gasteiger partial charge in [0.05, 0.1) is 12.2 Å². The fourth-order valence-corrected chi connectivity index (χ4v) is 3.61. The molecular formula is C18H15N5O2S. The van der Waals surface area contributed by atoms with Crippen LogP contribution >= 0.6 is 11.8 Å². The van der Waals surface area contributed by atoms with Crippen LogP contribution in [-0.4, -0.2) is 37.2 Å². The number of Topliss-reactive ketones (excluding diaryl/α,β-unsaturated/α-hetero) is 1. The van der Waals surface area contributed by atoms with Crippen molar-refractivity contribution >= 4 is 29.1 Å². The number of ketones is 1. The number of nitrogens with one attached hydrogen (secondary N) is 1. The van der Waals surface area contributed by atoms with E-state index >= 15 is 0 Å². The number of aromatic nitrogens is 4. The summed E-state index contributed by atoms with van der Waals surface area (Å²) in [7, 11) is 1.87. The van der Waals surface area contributed by atoms with E-state index in [0.717, 1.165) is 22.6 Å². The average molecular weight is 365 g/mol. The Labute approximate surface area is 153 Å². The van der Waals surface area contributed by atoms with Crippen molar-refractivity contribution in [2.24, 2.45) is 7.05 Å². The van der Waals surface area contributed by atoms with E-state index in [2.05, 4.69) is 20.5 Å². The first-order chi connectivity index (χ1) is 12.6. The highest BCUT2D eigenvalue weighted by Gasteiger charge is 2.20. The number of anilines is 1. The molecule has 0 fully saturated rings. The van der Waals surface area contributed by atoms with Crippen LogP contribution in [0.1, 0.15) is 15.9 Å². The molecule has 0 radical (unpaired) electrons. The molecule has 0 saturated heterocycles. The maximum absolute atomic E-state index is 12.5. The minimum absolute atomic E-state index is 0.00869. The maximum Gasteiger partial charge on any atom is 0.228 e. The summed E-state index contributed by atoms with van der Waals surface area (Å²) in [5.41, 5.74) is 3.17. The van der Waals surface area contributed by atoms with E-state index < -0.39 is 0 Å². The third kappa shape index (κ3) is 3.11. The third-order valence-electron chi connectivity index (χ3n) is 4.16. The van der Waals surface area contributed by atoms with Crippen LogP contribution in [0.2, 0.25) is 0 Å². The monoisotopic (exact) mass is 365 g/mol. The van der Waals surface area contributed by atoms with Gasteiger partial charge in [-0.3, -0.25) is 14.6 Å². The van der Waals surface area contributed by atoms with E-state index in [9.17, 15) is 9.59 Å². The zero-order valence-corrected chi connectivity index (χ0v) is 14.8. The van der Waals surface area contributed by atoms with Crippen molar-refractivity contribution in [3.05, 3.63) is 53.9 Å². The smallest absolute Gasteiger partial charge is 0.228 e. The van der Waals surface area contributed by atoms with Crippen molar-refractivity contribution in [3.63, 3.8) is 0 Å². The first-order valence-electron chi connectivity index (χ1n) is 8.00. The summed E-state index contributed by atoms with van der Waals surface area (Å²) in [4.78, 5) is 27.9. The largest absolute Gasteiger partial charge is 0.326 e. The number of thioether (sulfide) groups is 1. The van der Waals surface area contributed by atoms with Crippen LogP contribution in [-0.2, 0) is 18.3 Å². The summed E-state index contributed by atoms with van der Waals surface area (Å²) in [5, 5.41) is 11.8. The lowest BCUT2D eigenvalue weighted by Gasteiger charge is -2.05. The van der Waals surface area contributed by atoms with E-state index in [4.69, 9.17) is 0 Å². The lowest BCUT2D eigenvalue weighted by atomic mass is 10.1. The lowest BCUT2D eigenvalue weighted by Crippen LogP contribution is -2.04. The molecular weight excluding hydrogens is 350 g/mol. The fourth-order valence-electron chi connectivity index (χ4n) is 2.81. The van der Waals surface area contributed by atoms with Crippen molar-refractivity contribution < 1.29 is 9.59 Å². The van der Waals surface area contributed by atoms with Gasteiger partial charge in [0.1, 0.15) is 0 Å². The minimum atomic E-state index is -0.0401. The first-order valence-corrected chi connectivity index (χ1v) is 8.99. The first kappa shape index (κ1) is 16.5. The SMILES string of the molecule is Cn1c(SCC(=O)c2ccc3c(c2)CC(=O)N3)nnc1-c1ccncc1. The van der Waals surface area contributed by atoms with Crippen LogP contribution in [0.15, 0.2) is 47.9 Å². The van der Waals surface area contributed by atoms with Gasteiger partial charge in [-0.2, -0.15) is 0 Å². The highest BCUT2D eigenvalue weighted by Crippen LogP contribution is 2.26. The zero-order valence-electron chi connectivity index (χ0n) is 14.0. The number of fused-ring (bicyclic) bond motifs is 1. The van der Waals surface area contributed by atoms with Gasteiger partial charge in [0.25, 0.3) is 0 Å². The van der Waals surface area contributed by atoms with Gasteiger partial charge in [0, 0.05) is 36.3 Å². The van der Waals surface area contributed by atoms with Gasteiger partial charge in [0.2, 0.25) is 5.91 Å². The van der Waals surface area contributed by atoms with Gasteiger partial charge >= 0.3 is 0 Å². The van der Waals surface area contributed by atoms with E-state index in [0.29, 0.717) is 17.1 Å². The number of hydrogen-bond acceptors (Lipinski definition) is 6. The summed E-state index contributed by atoms with van der Waals surface area (Å²) in [6, 6.07) is 9.04. The molecule has 0 spiro atoms. The molecule has 1 aromatic carbocycles. The molecule has 0 bridgehead atoms. The van der Waals surface area contributed by atoms with Gasteiger partial charge in [0.15, 0.2) is 16.8 Å². The van der Waals surface area contributed by atoms with Crippen LogP contribution in [0.3, 0.4) is 0 Å². The molecule has 8 heteroatoms. The standard InChI is InChI=1S/C18H15N5O2S/c1-23-17(11-4-6-19-7-5-11)21-22-18(23)26-10-15(24)12-2-3-14-13(8-12)9-16(25)20-14/h2-8H,9-10H2,1H3,(H,20,25). The molecule has 26 heavy (non-hydrogen) atoms. The van der Waals surface area contributed by atoms with Crippen LogP contribution in [0, 0.1) is 0 Å². The quantitative estimate of drug-likeness (QED) is 0.551. The Bertz CT molecular complexity index is 1000. The average Bonchev–Trinajstić information content (AvgIpc) is 3.21. The van der Waals surface area contributed by atoms with Gasteiger partial charge in [-0.05, 0) is 35.9 Å². The van der Waals surface area contributed by atoms with Crippen molar-refractivity contribution in [3.8, 4) is 11.4 Å². The molecule has 0 atom stereocenters. The van der Waals surface area contributed by atoms with Gasteiger partial charge in [-0.15, -0.1) is 10.2 Å². The van der Waals surface area contributed by atoms with Gasteiger partial charge in [-0.25, -0.2) is 0 Å². The van der Waals surface area contributed by atoms with Crippen LogP contribution in [0.4, 0.5) is 5.69 Å². The molecule has 1 aliphatic rings. The number of carbonyl (C=O) groups is 2. The van der Waals surface area contributed by atoms with E-state index in [1.165, 1.54) is 11.8 Å². The second-order valence-electron chi connectivity index (χ2n) is 5.91. The summed E-state index contributed by atoms with van der Waals surface area (Å²) in [5.74, 6) is 0.930. The number of pyridine rings is 1. The zero-order chi connectivity index (χ0) is 18.1. The Kier molecular flexibility index (Phi) is 4.26. The Balaban J connectivity index is 1.47. The number of hydrogen-bond donors (Lipinski definition) is 1. The summed E-state index contributed by atoms with van der Waals surface area (Å²) in [6.45, 7) is 0. The summed E-state index contributed by atoms with van der Waals surface area (Å²) < 4.78 is 1.86. The summed E-state index contributed by atoms with van der Waals surface area (Å²) in [6.07, 6.45) is 3.73.